The van der Waals surface area contributed by atoms with E-state index in [4.69, 9.17) is 18.9 Å². The van der Waals surface area contributed by atoms with E-state index in [0.29, 0.717) is 13.0 Å². The average Bonchev–Trinajstić information content (AvgIpc) is 3.31. The molecule has 9 heteroatoms. The van der Waals surface area contributed by atoms with Crippen molar-refractivity contribution in [1.29, 1.82) is 0 Å². The summed E-state index contributed by atoms with van der Waals surface area (Å²) in [7, 11) is 0. The Bertz CT molecular complexity index is 1050. The fraction of sp³-hybridized carbons (Fsp3) is 0.911. The normalized spacial score (nSPS) is 19.5. The minimum atomic E-state index is -1.54. The highest BCUT2D eigenvalue weighted by Gasteiger charge is 2.44. The van der Waals surface area contributed by atoms with Gasteiger partial charge in [-0.15, -0.1) is 0 Å². The first-order chi connectivity index (χ1) is 31.9. The predicted molar refractivity (Wildman–Crippen MR) is 270 cm³/mol. The van der Waals surface area contributed by atoms with Gasteiger partial charge in [0, 0.05) is 13.0 Å². The van der Waals surface area contributed by atoms with E-state index in [1.165, 1.54) is 199 Å². The molecule has 0 spiro atoms. The molecule has 1 aliphatic heterocycles. The molecular formula is C56H106O9. The number of aliphatic hydroxyl groups is 4. The smallest absolute Gasteiger partial charge is 0.306 e. The SMILES string of the molecule is CCCCCC/C=C\C/C=C\CCCCCCCCCC(=O)OC(COCCCCCCCCCCCCCCCCCCCCCCCCCC)COC1OC(CO)C(O)C(O)C1O. The minimum absolute atomic E-state index is 0.112. The summed E-state index contributed by atoms with van der Waals surface area (Å²) in [6, 6.07) is 0. The van der Waals surface area contributed by atoms with Crippen molar-refractivity contribution in [2.45, 2.75) is 301 Å². The van der Waals surface area contributed by atoms with Gasteiger partial charge >= 0.3 is 5.97 Å². The minimum Gasteiger partial charge on any atom is -0.457 e. The fourth-order valence-corrected chi connectivity index (χ4v) is 8.76. The third-order valence-corrected chi connectivity index (χ3v) is 13.1. The van der Waals surface area contributed by atoms with Crippen LogP contribution in [-0.2, 0) is 23.7 Å². The van der Waals surface area contributed by atoms with Crippen LogP contribution in [0.4, 0.5) is 0 Å². The summed E-state index contributed by atoms with van der Waals surface area (Å²) in [5.41, 5.74) is 0. The van der Waals surface area contributed by atoms with Crippen molar-refractivity contribution < 1.29 is 44.2 Å². The Balaban J connectivity index is 2.15. The second-order valence-corrected chi connectivity index (χ2v) is 19.4. The van der Waals surface area contributed by atoms with Crippen LogP contribution in [0.5, 0.6) is 0 Å². The summed E-state index contributed by atoms with van der Waals surface area (Å²) in [6.45, 7) is 4.59. The third kappa shape index (κ3) is 38.2. The summed E-state index contributed by atoms with van der Waals surface area (Å²) in [5.74, 6) is -0.316. The second-order valence-electron chi connectivity index (χ2n) is 19.4. The lowest BCUT2D eigenvalue weighted by Crippen LogP contribution is -2.59. The number of aliphatic hydroxyl groups excluding tert-OH is 4. The summed E-state index contributed by atoms with van der Waals surface area (Å²) in [6.07, 6.45) is 50.8. The van der Waals surface area contributed by atoms with Crippen LogP contribution in [0.3, 0.4) is 0 Å². The molecule has 6 atom stereocenters. The molecule has 0 aromatic rings. The van der Waals surface area contributed by atoms with Gasteiger partial charge in [0.05, 0.1) is 19.8 Å². The Hall–Kier alpha value is -1.33. The summed E-state index contributed by atoms with van der Waals surface area (Å²) in [4.78, 5) is 12.9. The van der Waals surface area contributed by atoms with E-state index in [-0.39, 0.29) is 19.2 Å². The molecule has 0 bridgehead atoms. The average molecular weight is 923 g/mol. The first-order valence-corrected chi connectivity index (χ1v) is 27.9. The summed E-state index contributed by atoms with van der Waals surface area (Å²) < 4.78 is 22.9. The lowest BCUT2D eigenvalue weighted by Gasteiger charge is -2.39. The van der Waals surface area contributed by atoms with Crippen LogP contribution in [0.2, 0.25) is 0 Å². The molecule has 65 heavy (non-hydrogen) atoms. The number of carbonyl (C=O) groups is 1. The predicted octanol–water partition coefficient (Wildman–Crippen LogP) is 14.1. The van der Waals surface area contributed by atoms with Gasteiger partial charge in [0.15, 0.2) is 6.29 Å². The van der Waals surface area contributed by atoms with Gasteiger partial charge in [0.25, 0.3) is 0 Å². The molecular weight excluding hydrogens is 817 g/mol. The van der Waals surface area contributed by atoms with E-state index in [1.54, 1.807) is 0 Å². The fourth-order valence-electron chi connectivity index (χ4n) is 8.76. The van der Waals surface area contributed by atoms with Crippen molar-refractivity contribution in [3.63, 3.8) is 0 Å². The summed E-state index contributed by atoms with van der Waals surface area (Å²) in [5, 5.41) is 40.3. The maximum atomic E-state index is 12.9. The molecule has 1 rings (SSSR count). The van der Waals surface area contributed by atoms with E-state index in [0.717, 1.165) is 44.9 Å². The zero-order valence-electron chi connectivity index (χ0n) is 42.5. The molecule has 384 valence electrons. The van der Waals surface area contributed by atoms with Crippen LogP contribution < -0.4 is 0 Å². The maximum absolute atomic E-state index is 12.9. The largest absolute Gasteiger partial charge is 0.457 e. The Morgan fingerprint density at radius 2 is 0.892 bits per heavy atom. The van der Waals surface area contributed by atoms with Crippen molar-refractivity contribution in [2.24, 2.45) is 0 Å². The van der Waals surface area contributed by atoms with E-state index >= 15 is 0 Å². The van der Waals surface area contributed by atoms with Gasteiger partial charge in [0.1, 0.15) is 30.5 Å². The maximum Gasteiger partial charge on any atom is 0.306 e. The first-order valence-electron chi connectivity index (χ1n) is 27.9. The zero-order chi connectivity index (χ0) is 47.1. The Morgan fingerprint density at radius 1 is 0.492 bits per heavy atom. The molecule has 1 heterocycles. The molecule has 0 radical (unpaired) electrons. The van der Waals surface area contributed by atoms with Crippen LogP contribution in [0.1, 0.15) is 264 Å². The highest BCUT2D eigenvalue weighted by molar-refractivity contribution is 5.69. The van der Waals surface area contributed by atoms with Gasteiger partial charge in [-0.25, -0.2) is 0 Å². The lowest BCUT2D eigenvalue weighted by molar-refractivity contribution is -0.305. The van der Waals surface area contributed by atoms with Crippen molar-refractivity contribution in [3.05, 3.63) is 24.3 Å². The van der Waals surface area contributed by atoms with Gasteiger partial charge in [-0.2, -0.15) is 0 Å². The molecule has 1 saturated heterocycles. The number of carbonyl (C=O) groups excluding carboxylic acids is 1. The molecule has 1 aliphatic rings. The monoisotopic (exact) mass is 923 g/mol. The van der Waals surface area contributed by atoms with E-state index in [9.17, 15) is 25.2 Å². The molecule has 1 fully saturated rings. The van der Waals surface area contributed by atoms with Gasteiger partial charge in [-0.1, -0.05) is 237 Å². The quantitative estimate of drug-likeness (QED) is 0.0267. The van der Waals surface area contributed by atoms with Crippen LogP contribution in [0.25, 0.3) is 0 Å². The third-order valence-electron chi connectivity index (χ3n) is 13.1. The van der Waals surface area contributed by atoms with E-state index in [1.807, 2.05) is 0 Å². The number of hydrogen-bond donors (Lipinski definition) is 4. The molecule has 6 unspecified atom stereocenters. The number of unbranched alkanes of at least 4 members (excludes halogenated alkanes) is 34. The van der Waals surface area contributed by atoms with Crippen LogP contribution in [0, 0.1) is 0 Å². The van der Waals surface area contributed by atoms with Crippen molar-refractivity contribution in [1.82, 2.24) is 0 Å². The molecule has 0 aromatic heterocycles. The molecule has 4 N–H and O–H groups in total. The highest BCUT2D eigenvalue weighted by atomic mass is 16.7. The standard InChI is InChI=1S/C56H106O9/c1-3-5-7-9-11-13-15-17-19-21-23-24-25-26-27-28-30-32-34-36-38-40-42-44-46-62-48-50(49-63-56-55(61)54(60)53(59)51(47-57)65-56)64-52(58)45-43-41-39-37-35-33-31-29-22-20-18-16-14-12-10-8-6-4-2/h14,16,20,22,50-51,53-57,59-61H,3-13,15,17-19,21,23-49H2,1-2H3/b16-14-,22-20-. The number of ether oxygens (including phenoxy) is 4. The zero-order valence-corrected chi connectivity index (χ0v) is 42.5. The number of esters is 1. The van der Waals surface area contributed by atoms with E-state index in [2.05, 4.69) is 38.2 Å². The molecule has 0 aromatic carbocycles. The van der Waals surface area contributed by atoms with Crippen LogP contribution in [-0.4, -0.2) is 89.6 Å². The molecule has 9 nitrogen and oxygen atoms in total. The van der Waals surface area contributed by atoms with Gasteiger partial charge in [-0.3, -0.25) is 4.79 Å². The molecule has 0 amide bonds. The molecule has 0 aliphatic carbocycles. The Morgan fingerprint density at radius 3 is 1.34 bits per heavy atom. The van der Waals surface area contributed by atoms with Crippen LogP contribution >= 0.6 is 0 Å². The van der Waals surface area contributed by atoms with Gasteiger partial charge in [-0.05, 0) is 44.9 Å². The van der Waals surface area contributed by atoms with Crippen LogP contribution in [0.15, 0.2) is 24.3 Å². The first kappa shape index (κ1) is 61.7. The van der Waals surface area contributed by atoms with Crippen molar-refractivity contribution in [3.8, 4) is 0 Å². The highest BCUT2D eigenvalue weighted by Crippen LogP contribution is 2.23. The lowest BCUT2D eigenvalue weighted by atomic mass is 9.99. The Labute approximate surface area is 400 Å². The van der Waals surface area contributed by atoms with Gasteiger partial charge in [0.2, 0.25) is 0 Å². The second kappa shape index (κ2) is 47.7. The van der Waals surface area contributed by atoms with Crippen molar-refractivity contribution in [2.75, 3.05) is 26.4 Å². The number of hydrogen-bond acceptors (Lipinski definition) is 9. The number of allylic oxidation sites excluding steroid dienone is 4. The van der Waals surface area contributed by atoms with Gasteiger partial charge < -0.3 is 39.4 Å². The van der Waals surface area contributed by atoms with E-state index < -0.39 is 43.4 Å². The summed E-state index contributed by atoms with van der Waals surface area (Å²) >= 11 is 0. The number of rotatable bonds is 49. The topological polar surface area (TPSA) is 135 Å². The van der Waals surface area contributed by atoms with Crippen molar-refractivity contribution >= 4 is 5.97 Å². The Kier molecular flexibility index (Phi) is 45.3. The molecule has 0 saturated carbocycles.